The number of carbonyl (C=O) groups excluding carboxylic acids is 2. The smallest absolute Gasteiger partial charge is 0.248 e. The van der Waals surface area contributed by atoms with Gasteiger partial charge in [0.15, 0.2) is 0 Å². The molecule has 4 aromatic rings. The number of piperazine rings is 1. The fourth-order valence-corrected chi connectivity index (χ4v) is 4.70. The molecule has 0 spiro atoms. The highest BCUT2D eigenvalue weighted by Crippen LogP contribution is 2.30. The van der Waals surface area contributed by atoms with Crippen molar-refractivity contribution < 1.29 is 18.4 Å². The molecule has 1 aliphatic rings. The number of halogens is 2. The average molecular weight is 556 g/mol. The summed E-state index contributed by atoms with van der Waals surface area (Å²) in [5.74, 6) is 0.413. The van der Waals surface area contributed by atoms with Crippen molar-refractivity contribution in [3.05, 3.63) is 119 Å². The van der Waals surface area contributed by atoms with Gasteiger partial charge in [-0.3, -0.25) is 9.59 Å². The molecule has 2 amide bonds. The van der Waals surface area contributed by atoms with E-state index in [4.69, 9.17) is 16.0 Å². The summed E-state index contributed by atoms with van der Waals surface area (Å²) in [6, 6.07) is 24.6. The Morgan fingerprint density at radius 3 is 2.33 bits per heavy atom. The van der Waals surface area contributed by atoms with Gasteiger partial charge in [0.2, 0.25) is 11.8 Å². The second-order valence-electron chi connectivity index (χ2n) is 9.25. The third kappa shape index (κ3) is 6.87. The number of nitrogens with zero attached hydrogens (tertiary/aromatic N) is 2. The Hall–Kier alpha value is -4.62. The van der Waals surface area contributed by atoms with E-state index in [9.17, 15) is 14.0 Å². The highest BCUT2D eigenvalue weighted by molar-refractivity contribution is 6.33. The second kappa shape index (κ2) is 12.5. The molecule has 1 saturated heterocycles. The van der Waals surface area contributed by atoms with Gasteiger partial charge in [0, 0.05) is 49.6 Å². The van der Waals surface area contributed by atoms with E-state index >= 15 is 0 Å². The number of nitrogens with one attached hydrogen (secondary N) is 1. The van der Waals surface area contributed by atoms with Gasteiger partial charge in [-0.05, 0) is 72.3 Å². The minimum atomic E-state index is -0.334. The quantitative estimate of drug-likeness (QED) is 0.256. The summed E-state index contributed by atoms with van der Waals surface area (Å²) in [7, 11) is 0. The summed E-state index contributed by atoms with van der Waals surface area (Å²) < 4.78 is 18.9. The maximum Gasteiger partial charge on any atom is 0.248 e. The largest absolute Gasteiger partial charge is 0.457 e. The highest BCUT2D eigenvalue weighted by Gasteiger charge is 2.21. The van der Waals surface area contributed by atoms with Crippen molar-refractivity contribution in [1.82, 2.24) is 4.90 Å². The van der Waals surface area contributed by atoms with Crippen molar-refractivity contribution in [1.29, 1.82) is 0 Å². The molecule has 0 atom stereocenters. The van der Waals surface area contributed by atoms with Crippen LogP contribution in [-0.2, 0) is 9.59 Å². The number of carbonyl (C=O) groups is 2. The molecule has 1 N–H and O–H groups in total. The van der Waals surface area contributed by atoms with Crippen LogP contribution in [0.25, 0.3) is 23.5 Å². The van der Waals surface area contributed by atoms with Crippen molar-refractivity contribution >= 4 is 46.9 Å². The molecule has 3 aromatic carbocycles. The zero-order valence-electron chi connectivity index (χ0n) is 21.6. The number of hydrogen-bond acceptors (Lipinski definition) is 4. The first-order valence-electron chi connectivity index (χ1n) is 12.9. The van der Waals surface area contributed by atoms with Crippen molar-refractivity contribution in [2.24, 2.45) is 0 Å². The predicted octanol–water partition coefficient (Wildman–Crippen LogP) is 6.75. The minimum Gasteiger partial charge on any atom is -0.457 e. The molecule has 0 aliphatic carbocycles. The summed E-state index contributed by atoms with van der Waals surface area (Å²) in [6.45, 7) is 2.49. The van der Waals surface area contributed by atoms with Gasteiger partial charge >= 0.3 is 0 Å². The molecule has 0 bridgehead atoms. The fraction of sp³-hybridized carbons (Fsp3) is 0.125. The molecule has 0 radical (unpaired) electrons. The number of rotatable bonds is 7. The Kier molecular flexibility index (Phi) is 8.42. The second-order valence-corrected chi connectivity index (χ2v) is 9.66. The Morgan fingerprint density at radius 2 is 1.60 bits per heavy atom. The first-order valence-corrected chi connectivity index (χ1v) is 13.2. The molecule has 6 nitrogen and oxygen atoms in total. The van der Waals surface area contributed by atoms with Crippen molar-refractivity contribution in [3.8, 4) is 11.3 Å². The molecule has 40 heavy (non-hydrogen) atoms. The highest BCUT2D eigenvalue weighted by atomic mass is 35.5. The molecule has 1 fully saturated rings. The van der Waals surface area contributed by atoms with Crippen LogP contribution < -0.4 is 10.2 Å². The van der Waals surface area contributed by atoms with Crippen LogP contribution in [0.3, 0.4) is 0 Å². The Balaban J connectivity index is 1.13. The number of benzene rings is 3. The van der Waals surface area contributed by atoms with Gasteiger partial charge in [-0.25, -0.2) is 4.39 Å². The van der Waals surface area contributed by atoms with Gasteiger partial charge in [0.05, 0.1) is 10.7 Å². The van der Waals surface area contributed by atoms with Crippen LogP contribution in [0.4, 0.5) is 15.8 Å². The molecule has 1 aliphatic heterocycles. The summed E-state index contributed by atoms with van der Waals surface area (Å²) >= 11 is 6.57. The standard InChI is InChI=1S/C32H27ClFN3O3/c33-28-22-26(35-31(38)16-13-27-12-15-30(40-27)24-7-9-25(34)10-8-24)11-14-29(28)36-18-20-37(21-19-36)32(39)17-6-23-4-2-1-3-5-23/h1-17,22H,18-21H2,(H,35,38)/b16-13+,17-6+. The van der Waals surface area contributed by atoms with E-state index in [0.717, 1.165) is 16.8 Å². The lowest BCUT2D eigenvalue weighted by atomic mass is 10.2. The van der Waals surface area contributed by atoms with Gasteiger partial charge in [-0.15, -0.1) is 0 Å². The van der Waals surface area contributed by atoms with E-state index in [1.165, 1.54) is 18.2 Å². The molecular weight excluding hydrogens is 529 g/mol. The SMILES string of the molecule is O=C(/C=C/c1ccc(-c2ccc(F)cc2)o1)Nc1ccc(N2CCN(C(=O)/C=C/c3ccccc3)CC2)c(Cl)c1. The fourth-order valence-electron chi connectivity index (χ4n) is 4.40. The first kappa shape index (κ1) is 27.0. The lowest BCUT2D eigenvalue weighted by molar-refractivity contribution is -0.126. The van der Waals surface area contributed by atoms with Gasteiger partial charge < -0.3 is 19.5 Å². The minimum absolute atomic E-state index is 0.0121. The lowest BCUT2D eigenvalue weighted by Gasteiger charge is -2.36. The summed E-state index contributed by atoms with van der Waals surface area (Å²) in [5, 5.41) is 3.32. The Labute approximate surface area is 237 Å². The molecule has 202 valence electrons. The van der Waals surface area contributed by atoms with Crippen LogP contribution in [0.5, 0.6) is 0 Å². The number of anilines is 2. The number of hydrogen-bond donors (Lipinski definition) is 1. The molecule has 2 heterocycles. The van der Waals surface area contributed by atoms with E-state index in [2.05, 4.69) is 10.2 Å². The third-order valence-electron chi connectivity index (χ3n) is 6.52. The molecule has 8 heteroatoms. The molecular formula is C32H27ClFN3O3. The Morgan fingerprint density at radius 1 is 0.850 bits per heavy atom. The maximum absolute atomic E-state index is 13.1. The lowest BCUT2D eigenvalue weighted by Crippen LogP contribution is -2.48. The first-order chi connectivity index (χ1) is 19.4. The van der Waals surface area contributed by atoms with E-state index < -0.39 is 0 Å². The van der Waals surface area contributed by atoms with Gasteiger partial charge in [0.25, 0.3) is 0 Å². The normalized spacial score (nSPS) is 13.8. The van der Waals surface area contributed by atoms with Crippen LogP contribution in [0.15, 0.2) is 101 Å². The van der Waals surface area contributed by atoms with Crippen molar-refractivity contribution in [2.75, 3.05) is 36.4 Å². The van der Waals surface area contributed by atoms with Gasteiger partial charge in [-0.1, -0.05) is 41.9 Å². The van der Waals surface area contributed by atoms with Crippen LogP contribution in [0, 0.1) is 5.82 Å². The van der Waals surface area contributed by atoms with Crippen molar-refractivity contribution in [3.63, 3.8) is 0 Å². The van der Waals surface area contributed by atoms with Crippen LogP contribution >= 0.6 is 11.6 Å². The van der Waals surface area contributed by atoms with Crippen molar-refractivity contribution in [2.45, 2.75) is 0 Å². The van der Waals surface area contributed by atoms with Gasteiger partial charge in [-0.2, -0.15) is 0 Å². The molecule has 1 aromatic heterocycles. The molecule has 0 saturated carbocycles. The number of furan rings is 1. The van der Waals surface area contributed by atoms with Crippen LogP contribution in [0.1, 0.15) is 11.3 Å². The third-order valence-corrected chi connectivity index (χ3v) is 6.82. The molecule has 5 rings (SSSR count). The monoisotopic (exact) mass is 555 g/mol. The summed E-state index contributed by atoms with van der Waals surface area (Å²) in [4.78, 5) is 29.0. The van der Waals surface area contributed by atoms with E-state index in [1.54, 1.807) is 48.6 Å². The Bertz CT molecular complexity index is 1540. The van der Waals surface area contributed by atoms with Gasteiger partial charge in [0.1, 0.15) is 17.3 Å². The number of amides is 2. The van der Waals surface area contributed by atoms with Crippen LogP contribution in [0.2, 0.25) is 5.02 Å². The van der Waals surface area contributed by atoms with E-state index in [1.807, 2.05) is 47.4 Å². The zero-order chi connectivity index (χ0) is 27.9. The summed E-state index contributed by atoms with van der Waals surface area (Å²) in [6.07, 6.45) is 6.37. The van der Waals surface area contributed by atoms with Crippen LogP contribution in [-0.4, -0.2) is 42.9 Å². The average Bonchev–Trinajstić information content (AvgIpc) is 3.45. The zero-order valence-corrected chi connectivity index (χ0v) is 22.4. The maximum atomic E-state index is 13.1. The van der Waals surface area contributed by atoms with E-state index in [-0.39, 0.29) is 17.6 Å². The topological polar surface area (TPSA) is 65.8 Å². The predicted molar refractivity (Wildman–Crippen MR) is 157 cm³/mol. The molecule has 0 unspecified atom stereocenters. The summed E-state index contributed by atoms with van der Waals surface area (Å²) in [5.41, 5.74) is 3.15. The van der Waals surface area contributed by atoms with E-state index in [0.29, 0.717) is 48.4 Å².